The Balaban J connectivity index is 2.13. The van der Waals surface area contributed by atoms with Gasteiger partial charge < -0.3 is 9.53 Å². The van der Waals surface area contributed by atoms with Gasteiger partial charge in [-0.3, -0.25) is 0 Å². The van der Waals surface area contributed by atoms with Gasteiger partial charge in [0.25, 0.3) is 0 Å². The number of aldehydes is 1. The Hall–Kier alpha value is -0.860. The van der Waals surface area contributed by atoms with E-state index in [1.54, 1.807) is 0 Å². The zero-order valence-corrected chi connectivity index (χ0v) is 8.61. The second-order valence-corrected chi connectivity index (χ2v) is 3.54. The molecule has 0 amide bonds. The molecule has 3 heteroatoms. The van der Waals surface area contributed by atoms with E-state index >= 15 is 0 Å². The summed E-state index contributed by atoms with van der Waals surface area (Å²) >= 11 is 5.60. The molecule has 0 radical (unpaired) electrons. The lowest BCUT2D eigenvalue weighted by Gasteiger charge is -2.04. The Morgan fingerprint density at radius 2 is 2.07 bits per heavy atom. The zero-order chi connectivity index (χ0) is 10.2. The molecule has 0 aliphatic heterocycles. The first kappa shape index (κ1) is 11.2. The molecule has 0 aromatic heterocycles. The molecule has 1 aromatic rings. The standard InChI is InChI=1S/C11H13ClO2/c12-11(8-13)6-7-14-9-10-4-2-1-3-5-10/h1-5,8,11H,6-7,9H2. The van der Waals surface area contributed by atoms with Gasteiger partial charge in [-0.25, -0.2) is 0 Å². The van der Waals surface area contributed by atoms with Crippen LogP contribution >= 0.6 is 11.6 Å². The second-order valence-electron chi connectivity index (χ2n) is 2.98. The van der Waals surface area contributed by atoms with Crippen molar-refractivity contribution < 1.29 is 9.53 Å². The molecule has 14 heavy (non-hydrogen) atoms. The highest BCUT2D eigenvalue weighted by Gasteiger charge is 2.01. The summed E-state index contributed by atoms with van der Waals surface area (Å²) in [6.45, 7) is 1.09. The summed E-state index contributed by atoms with van der Waals surface area (Å²) in [6, 6.07) is 9.89. The van der Waals surface area contributed by atoms with Crippen LogP contribution in [0.1, 0.15) is 12.0 Å². The number of hydrogen-bond donors (Lipinski definition) is 0. The highest BCUT2D eigenvalue weighted by atomic mass is 35.5. The van der Waals surface area contributed by atoms with Crippen LogP contribution in [0.2, 0.25) is 0 Å². The summed E-state index contributed by atoms with van der Waals surface area (Å²) in [6.07, 6.45) is 1.30. The smallest absolute Gasteiger partial charge is 0.137 e. The van der Waals surface area contributed by atoms with Crippen LogP contribution in [-0.4, -0.2) is 18.3 Å². The van der Waals surface area contributed by atoms with Gasteiger partial charge in [-0.05, 0) is 12.0 Å². The molecular weight excluding hydrogens is 200 g/mol. The number of rotatable bonds is 6. The van der Waals surface area contributed by atoms with Crippen molar-refractivity contribution in [3.05, 3.63) is 35.9 Å². The van der Waals surface area contributed by atoms with E-state index in [2.05, 4.69) is 0 Å². The van der Waals surface area contributed by atoms with E-state index in [0.29, 0.717) is 19.6 Å². The van der Waals surface area contributed by atoms with Gasteiger partial charge in [0.1, 0.15) is 6.29 Å². The molecular formula is C11H13ClO2. The Morgan fingerprint density at radius 1 is 1.36 bits per heavy atom. The van der Waals surface area contributed by atoms with Gasteiger partial charge in [-0.2, -0.15) is 0 Å². The van der Waals surface area contributed by atoms with Gasteiger partial charge in [0.05, 0.1) is 12.0 Å². The van der Waals surface area contributed by atoms with Crippen molar-refractivity contribution in [3.63, 3.8) is 0 Å². The van der Waals surface area contributed by atoms with Crippen LogP contribution in [0.15, 0.2) is 30.3 Å². The normalized spacial score (nSPS) is 12.4. The van der Waals surface area contributed by atoms with Crippen molar-refractivity contribution in [1.82, 2.24) is 0 Å². The monoisotopic (exact) mass is 212 g/mol. The number of carbonyl (C=O) groups excluding carboxylic acids is 1. The highest BCUT2D eigenvalue weighted by molar-refractivity contribution is 6.27. The van der Waals surface area contributed by atoms with Crippen LogP contribution in [0.4, 0.5) is 0 Å². The third-order valence-electron chi connectivity index (χ3n) is 1.80. The van der Waals surface area contributed by atoms with Crippen molar-refractivity contribution in [3.8, 4) is 0 Å². The number of carbonyl (C=O) groups is 1. The average Bonchev–Trinajstić information content (AvgIpc) is 2.25. The van der Waals surface area contributed by atoms with E-state index in [4.69, 9.17) is 16.3 Å². The molecule has 0 saturated carbocycles. The van der Waals surface area contributed by atoms with Gasteiger partial charge in [0, 0.05) is 6.61 Å². The van der Waals surface area contributed by atoms with E-state index in [9.17, 15) is 4.79 Å². The predicted octanol–water partition coefficient (Wildman–Crippen LogP) is 2.40. The van der Waals surface area contributed by atoms with Gasteiger partial charge in [0.2, 0.25) is 0 Å². The average molecular weight is 213 g/mol. The fraction of sp³-hybridized carbons (Fsp3) is 0.364. The maximum atomic E-state index is 10.2. The molecule has 2 nitrogen and oxygen atoms in total. The summed E-state index contributed by atoms with van der Waals surface area (Å²) in [5, 5.41) is -0.425. The molecule has 1 unspecified atom stereocenters. The summed E-state index contributed by atoms with van der Waals surface area (Å²) in [7, 11) is 0. The zero-order valence-electron chi connectivity index (χ0n) is 7.86. The first-order valence-corrected chi connectivity index (χ1v) is 4.97. The topological polar surface area (TPSA) is 26.3 Å². The number of benzene rings is 1. The minimum absolute atomic E-state index is 0.425. The molecule has 0 fully saturated rings. The molecule has 76 valence electrons. The van der Waals surface area contributed by atoms with E-state index in [1.165, 1.54) is 0 Å². The highest BCUT2D eigenvalue weighted by Crippen LogP contribution is 2.03. The Bertz CT molecular complexity index is 261. The van der Waals surface area contributed by atoms with E-state index in [0.717, 1.165) is 11.8 Å². The maximum Gasteiger partial charge on any atom is 0.137 e. The predicted molar refractivity (Wildman–Crippen MR) is 56.4 cm³/mol. The molecule has 0 bridgehead atoms. The summed E-state index contributed by atoms with van der Waals surface area (Å²) in [5.41, 5.74) is 1.13. The van der Waals surface area contributed by atoms with Gasteiger partial charge in [-0.1, -0.05) is 30.3 Å². The van der Waals surface area contributed by atoms with Crippen LogP contribution in [0.5, 0.6) is 0 Å². The van der Waals surface area contributed by atoms with Crippen LogP contribution in [-0.2, 0) is 16.1 Å². The Labute approximate surface area is 88.8 Å². The summed E-state index contributed by atoms with van der Waals surface area (Å²) in [5.74, 6) is 0. The van der Waals surface area contributed by atoms with Crippen molar-refractivity contribution in [2.24, 2.45) is 0 Å². The molecule has 0 spiro atoms. The van der Waals surface area contributed by atoms with Gasteiger partial charge in [0.15, 0.2) is 0 Å². The van der Waals surface area contributed by atoms with Crippen LogP contribution in [0, 0.1) is 0 Å². The van der Waals surface area contributed by atoms with Crippen molar-refractivity contribution >= 4 is 17.9 Å². The SMILES string of the molecule is O=CC(Cl)CCOCc1ccccc1. The molecule has 0 aliphatic rings. The molecule has 1 atom stereocenters. The molecule has 0 heterocycles. The van der Waals surface area contributed by atoms with E-state index in [1.807, 2.05) is 30.3 Å². The van der Waals surface area contributed by atoms with Gasteiger partial charge in [-0.15, -0.1) is 11.6 Å². The molecule has 1 aromatic carbocycles. The lowest BCUT2D eigenvalue weighted by atomic mass is 10.2. The minimum Gasteiger partial charge on any atom is -0.377 e. The Morgan fingerprint density at radius 3 is 2.71 bits per heavy atom. The summed E-state index contributed by atoms with van der Waals surface area (Å²) in [4.78, 5) is 10.2. The Kier molecular flexibility index (Phi) is 5.27. The van der Waals surface area contributed by atoms with Crippen LogP contribution in [0.3, 0.4) is 0 Å². The first-order valence-electron chi connectivity index (χ1n) is 4.54. The number of ether oxygens (including phenoxy) is 1. The van der Waals surface area contributed by atoms with Crippen LogP contribution in [0.25, 0.3) is 0 Å². The largest absolute Gasteiger partial charge is 0.377 e. The quantitative estimate of drug-likeness (QED) is 0.411. The fourth-order valence-electron chi connectivity index (χ4n) is 1.03. The molecule has 1 rings (SSSR count). The summed E-state index contributed by atoms with van der Waals surface area (Å²) < 4.78 is 5.35. The lowest BCUT2D eigenvalue weighted by molar-refractivity contribution is -0.107. The van der Waals surface area contributed by atoms with Crippen molar-refractivity contribution in [2.75, 3.05) is 6.61 Å². The number of halogens is 1. The van der Waals surface area contributed by atoms with Crippen molar-refractivity contribution in [1.29, 1.82) is 0 Å². The lowest BCUT2D eigenvalue weighted by Crippen LogP contribution is -2.05. The van der Waals surface area contributed by atoms with E-state index < -0.39 is 5.38 Å². The van der Waals surface area contributed by atoms with Crippen LogP contribution < -0.4 is 0 Å². The molecule has 0 N–H and O–H groups in total. The molecule has 0 saturated heterocycles. The second kappa shape index (κ2) is 6.57. The third-order valence-corrected chi connectivity index (χ3v) is 2.12. The third kappa shape index (κ3) is 4.40. The minimum atomic E-state index is -0.425. The van der Waals surface area contributed by atoms with Crippen molar-refractivity contribution in [2.45, 2.75) is 18.4 Å². The maximum absolute atomic E-state index is 10.2. The van der Waals surface area contributed by atoms with Gasteiger partial charge >= 0.3 is 0 Å². The number of alkyl halides is 1. The number of hydrogen-bond acceptors (Lipinski definition) is 2. The fourth-order valence-corrected chi connectivity index (χ4v) is 1.12. The first-order chi connectivity index (χ1) is 6.83. The van der Waals surface area contributed by atoms with E-state index in [-0.39, 0.29) is 0 Å². The molecule has 0 aliphatic carbocycles.